The lowest BCUT2D eigenvalue weighted by atomic mass is 9.85. The standard InChI is InChI=1S/C21H24N4O3S2/c1-14-8-5-6-11-16(14)22-21(26)19(15-9-3-2-4-10-15)25-30(27,28)18-13-7-12-17-20(18)24-29-23-17/h2-4,7,9-10,12-14,16,19,25H,5-6,8,11H2,1H3,(H,22,26)/t14-,16-,19+/m1/s1. The zero-order chi connectivity index (χ0) is 21.1. The molecule has 4 rings (SSSR count). The molecule has 1 amide bonds. The fourth-order valence-electron chi connectivity index (χ4n) is 3.93. The van der Waals surface area contributed by atoms with Crippen LogP contribution >= 0.6 is 11.7 Å². The molecule has 0 radical (unpaired) electrons. The SMILES string of the molecule is C[C@@H]1CCCC[C@H]1NC(=O)[C@@H](NS(=O)(=O)c1cccc2nsnc12)c1ccccc1. The van der Waals surface area contributed by atoms with Gasteiger partial charge in [0.25, 0.3) is 0 Å². The van der Waals surface area contributed by atoms with Gasteiger partial charge < -0.3 is 5.32 Å². The van der Waals surface area contributed by atoms with Crippen molar-refractivity contribution in [2.75, 3.05) is 0 Å². The Hall–Kier alpha value is -2.36. The van der Waals surface area contributed by atoms with E-state index in [9.17, 15) is 13.2 Å². The van der Waals surface area contributed by atoms with Crippen molar-refractivity contribution < 1.29 is 13.2 Å². The highest BCUT2D eigenvalue weighted by atomic mass is 32.2. The molecule has 9 heteroatoms. The molecule has 7 nitrogen and oxygen atoms in total. The number of sulfonamides is 1. The number of hydrogen-bond donors (Lipinski definition) is 2. The van der Waals surface area contributed by atoms with Crippen LogP contribution in [0.5, 0.6) is 0 Å². The third kappa shape index (κ3) is 4.38. The van der Waals surface area contributed by atoms with E-state index in [0.717, 1.165) is 37.4 Å². The van der Waals surface area contributed by atoms with Crippen molar-refractivity contribution in [3.05, 3.63) is 54.1 Å². The molecule has 0 saturated heterocycles. The molecular formula is C21H24N4O3S2. The second kappa shape index (κ2) is 8.79. The second-order valence-corrected chi connectivity index (χ2v) is 9.94. The van der Waals surface area contributed by atoms with Crippen molar-refractivity contribution in [1.29, 1.82) is 0 Å². The lowest BCUT2D eigenvalue weighted by molar-refractivity contribution is -0.124. The van der Waals surface area contributed by atoms with E-state index in [1.54, 1.807) is 36.4 Å². The van der Waals surface area contributed by atoms with Gasteiger partial charge in [-0.1, -0.05) is 56.2 Å². The van der Waals surface area contributed by atoms with Gasteiger partial charge in [0, 0.05) is 6.04 Å². The van der Waals surface area contributed by atoms with E-state index in [-0.39, 0.29) is 16.8 Å². The maximum absolute atomic E-state index is 13.2. The summed E-state index contributed by atoms with van der Waals surface area (Å²) in [5.74, 6) is 0.0256. The molecule has 1 fully saturated rings. The second-order valence-electron chi connectivity index (χ2n) is 7.73. The number of hydrogen-bond acceptors (Lipinski definition) is 6. The number of aromatic nitrogens is 2. The normalized spacial score (nSPS) is 20.7. The van der Waals surface area contributed by atoms with Crippen LogP contribution < -0.4 is 10.0 Å². The van der Waals surface area contributed by atoms with E-state index in [1.807, 2.05) is 6.07 Å². The van der Waals surface area contributed by atoms with Gasteiger partial charge in [-0.25, -0.2) is 8.42 Å². The number of amides is 1. The first-order chi connectivity index (χ1) is 14.5. The number of carbonyl (C=O) groups is 1. The molecule has 3 aromatic rings. The van der Waals surface area contributed by atoms with Gasteiger partial charge in [-0.2, -0.15) is 13.5 Å². The van der Waals surface area contributed by atoms with Gasteiger partial charge in [0.15, 0.2) is 0 Å². The summed E-state index contributed by atoms with van der Waals surface area (Å²) in [6.07, 6.45) is 4.19. The van der Waals surface area contributed by atoms with E-state index in [0.29, 0.717) is 22.5 Å². The van der Waals surface area contributed by atoms with Crippen LogP contribution in [0.1, 0.15) is 44.2 Å². The van der Waals surface area contributed by atoms with Gasteiger partial charge >= 0.3 is 0 Å². The fourth-order valence-corrected chi connectivity index (χ4v) is 5.88. The molecule has 1 heterocycles. The molecule has 0 spiro atoms. The quantitative estimate of drug-likeness (QED) is 0.607. The Balaban J connectivity index is 1.65. The smallest absolute Gasteiger partial charge is 0.243 e. The summed E-state index contributed by atoms with van der Waals surface area (Å²) in [7, 11) is -4.01. The highest BCUT2D eigenvalue weighted by molar-refractivity contribution is 7.89. The van der Waals surface area contributed by atoms with Crippen molar-refractivity contribution in [3.8, 4) is 0 Å². The van der Waals surface area contributed by atoms with Crippen LogP contribution in [0, 0.1) is 5.92 Å². The Morgan fingerprint density at radius 1 is 1.07 bits per heavy atom. The number of carbonyl (C=O) groups excluding carboxylic acids is 1. The summed E-state index contributed by atoms with van der Waals surface area (Å²) < 4.78 is 37.3. The van der Waals surface area contributed by atoms with E-state index in [2.05, 4.69) is 25.7 Å². The molecule has 30 heavy (non-hydrogen) atoms. The first-order valence-corrected chi connectivity index (χ1v) is 12.3. The van der Waals surface area contributed by atoms with Crippen LogP contribution in [0.15, 0.2) is 53.4 Å². The van der Waals surface area contributed by atoms with Crippen molar-refractivity contribution in [2.24, 2.45) is 5.92 Å². The number of nitrogens with one attached hydrogen (secondary N) is 2. The van der Waals surface area contributed by atoms with Crippen molar-refractivity contribution in [1.82, 2.24) is 18.8 Å². The predicted molar refractivity (Wildman–Crippen MR) is 116 cm³/mol. The molecular weight excluding hydrogens is 420 g/mol. The Bertz CT molecular complexity index is 1130. The van der Waals surface area contributed by atoms with Crippen molar-refractivity contribution in [3.63, 3.8) is 0 Å². The Kier molecular flexibility index (Phi) is 6.12. The molecule has 2 N–H and O–H groups in total. The topological polar surface area (TPSA) is 101 Å². The number of nitrogens with zero attached hydrogens (tertiary/aromatic N) is 2. The predicted octanol–water partition coefficient (Wildman–Crippen LogP) is 3.41. The zero-order valence-corrected chi connectivity index (χ0v) is 18.2. The summed E-state index contributed by atoms with van der Waals surface area (Å²) in [5, 5.41) is 3.08. The van der Waals surface area contributed by atoms with Crippen LogP contribution in [-0.4, -0.2) is 29.1 Å². The molecule has 1 aliphatic rings. The van der Waals surface area contributed by atoms with E-state index < -0.39 is 16.1 Å². The van der Waals surface area contributed by atoms with Crippen LogP contribution in [0.25, 0.3) is 11.0 Å². The van der Waals surface area contributed by atoms with Gasteiger partial charge in [-0.15, -0.1) is 0 Å². The largest absolute Gasteiger partial charge is 0.351 e. The Morgan fingerprint density at radius 2 is 1.83 bits per heavy atom. The third-order valence-corrected chi connectivity index (χ3v) is 7.64. The van der Waals surface area contributed by atoms with Crippen LogP contribution in [0.4, 0.5) is 0 Å². The molecule has 2 aromatic carbocycles. The average Bonchev–Trinajstić information content (AvgIpc) is 3.23. The minimum Gasteiger partial charge on any atom is -0.351 e. The monoisotopic (exact) mass is 444 g/mol. The Labute approximate surface area is 180 Å². The summed E-state index contributed by atoms with van der Waals surface area (Å²) in [6.45, 7) is 2.13. The summed E-state index contributed by atoms with van der Waals surface area (Å²) in [4.78, 5) is 13.2. The van der Waals surface area contributed by atoms with Crippen molar-refractivity contribution >= 4 is 38.7 Å². The van der Waals surface area contributed by atoms with E-state index in [4.69, 9.17) is 0 Å². The molecule has 1 aromatic heterocycles. The maximum atomic E-state index is 13.2. The lowest BCUT2D eigenvalue weighted by Crippen LogP contribution is -2.47. The molecule has 0 unspecified atom stereocenters. The van der Waals surface area contributed by atoms with Crippen LogP contribution in [-0.2, 0) is 14.8 Å². The van der Waals surface area contributed by atoms with Crippen LogP contribution in [0.2, 0.25) is 0 Å². The number of benzene rings is 2. The van der Waals surface area contributed by atoms with E-state index >= 15 is 0 Å². The molecule has 3 atom stereocenters. The Morgan fingerprint density at radius 3 is 2.60 bits per heavy atom. The van der Waals surface area contributed by atoms with Crippen LogP contribution in [0.3, 0.4) is 0 Å². The average molecular weight is 445 g/mol. The highest BCUT2D eigenvalue weighted by Gasteiger charge is 2.31. The first kappa shape index (κ1) is 20.9. The zero-order valence-electron chi connectivity index (χ0n) is 16.6. The lowest BCUT2D eigenvalue weighted by Gasteiger charge is -2.31. The molecule has 158 valence electrons. The van der Waals surface area contributed by atoms with Gasteiger partial charge in [0.05, 0.1) is 11.7 Å². The number of rotatable bonds is 6. The van der Waals surface area contributed by atoms with Gasteiger partial charge in [0.2, 0.25) is 15.9 Å². The van der Waals surface area contributed by atoms with Gasteiger partial charge in [-0.05, 0) is 36.5 Å². The van der Waals surface area contributed by atoms with Crippen molar-refractivity contribution in [2.45, 2.75) is 49.6 Å². The number of fused-ring (bicyclic) bond motifs is 1. The maximum Gasteiger partial charge on any atom is 0.243 e. The fraction of sp³-hybridized carbons (Fsp3) is 0.381. The third-order valence-electron chi connectivity index (χ3n) is 5.65. The first-order valence-electron chi connectivity index (χ1n) is 10.0. The summed E-state index contributed by atoms with van der Waals surface area (Å²) in [5.41, 5.74) is 1.41. The molecule has 1 saturated carbocycles. The molecule has 0 bridgehead atoms. The molecule has 1 aliphatic carbocycles. The van der Waals surface area contributed by atoms with E-state index in [1.165, 1.54) is 6.07 Å². The highest BCUT2D eigenvalue weighted by Crippen LogP contribution is 2.26. The minimum atomic E-state index is -4.01. The van der Waals surface area contributed by atoms with Gasteiger partial charge in [-0.3, -0.25) is 4.79 Å². The minimum absolute atomic E-state index is 0.0218. The summed E-state index contributed by atoms with van der Waals surface area (Å²) in [6, 6.07) is 12.7. The summed E-state index contributed by atoms with van der Waals surface area (Å²) >= 11 is 0.957. The van der Waals surface area contributed by atoms with Gasteiger partial charge in [0.1, 0.15) is 22.0 Å². The molecule has 0 aliphatic heterocycles.